The van der Waals surface area contributed by atoms with Gasteiger partial charge >= 0.3 is 0 Å². The Hall–Kier alpha value is -3.15. The van der Waals surface area contributed by atoms with Crippen molar-refractivity contribution in [2.75, 3.05) is 18.4 Å². The number of fused-ring (bicyclic) bond motifs is 1. The number of anilines is 1. The smallest absolute Gasteiger partial charge is 0.244 e. The molecular formula is C21H22N4O2. The van der Waals surface area contributed by atoms with E-state index in [1.165, 1.54) is 0 Å². The van der Waals surface area contributed by atoms with Crippen LogP contribution in [-0.4, -0.2) is 39.8 Å². The molecule has 0 saturated carbocycles. The molecule has 0 atom stereocenters. The fourth-order valence-electron chi connectivity index (χ4n) is 3.45. The summed E-state index contributed by atoms with van der Waals surface area (Å²) in [5, 5.41) is 2.95. The molecule has 138 valence electrons. The van der Waals surface area contributed by atoms with Crippen molar-refractivity contribution < 1.29 is 9.59 Å². The molecule has 1 aliphatic heterocycles. The SMILES string of the molecule is O=C(CN1CCCCCC1=O)Nc1ccccc1-c1nc2ccccc2[nH]1. The quantitative estimate of drug-likeness (QED) is 0.745. The zero-order valence-electron chi connectivity index (χ0n) is 15.1. The zero-order valence-corrected chi connectivity index (χ0v) is 15.1. The highest BCUT2D eigenvalue weighted by Crippen LogP contribution is 2.27. The Bertz CT molecular complexity index is 946. The molecule has 0 radical (unpaired) electrons. The fourth-order valence-corrected chi connectivity index (χ4v) is 3.45. The van der Waals surface area contributed by atoms with Gasteiger partial charge in [0.1, 0.15) is 5.82 Å². The van der Waals surface area contributed by atoms with E-state index in [1.807, 2.05) is 48.5 Å². The van der Waals surface area contributed by atoms with Gasteiger partial charge in [0.15, 0.2) is 0 Å². The first-order valence-corrected chi connectivity index (χ1v) is 9.32. The number of hydrogen-bond donors (Lipinski definition) is 2. The molecule has 0 bridgehead atoms. The second kappa shape index (κ2) is 7.61. The van der Waals surface area contributed by atoms with Crippen molar-refractivity contribution in [2.45, 2.75) is 25.7 Å². The number of likely N-dealkylation sites (tertiary alicyclic amines) is 1. The lowest BCUT2D eigenvalue weighted by atomic mass is 10.1. The molecule has 1 aliphatic rings. The number of amides is 2. The summed E-state index contributed by atoms with van der Waals surface area (Å²) in [5.41, 5.74) is 3.33. The average Bonchev–Trinajstić information content (AvgIpc) is 3.01. The molecule has 2 aromatic carbocycles. The Kier molecular flexibility index (Phi) is 4.87. The van der Waals surface area contributed by atoms with Crippen LogP contribution in [0.5, 0.6) is 0 Å². The minimum atomic E-state index is -0.186. The van der Waals surface area contributed by atoms with Gasteiger partial charge in [-0.2, -0.15) is 0 Å². The highest BCUT2D eigenvalue weighted by molar-refractivity contribution is 5.98. The van der Waals surface area contributed by atoms with Crippen molar-refractivity contribution in [3.05, 3.63) is 48.5 Å². The molecule has 1 aromatic heterocycles. The molecule has 2 N–H and O–H groups in total. The first kappa shape index (κ1) is 17.3. The summed E-state index contributed by atoms with van der Waals surface area (Å²) in [6.07, 6.45) is 3.43. The first-order chi connectivity index (χ1) is 13.2. The topological polar surface area (TPSA) is 78.1 Å². The van der Waals surface area contributed by atoms with E-state index in [0.717, 1.165) is 35.9 Å². The number of benzene rings is 2. The molecular weight excluding hydrogens is 340 g/mol. The summed E-state index contributed by atoms with van der Waals surface area (Å²) in [6, 6.07) is 15.4. The number of imidazole rings is 1. The van der Waals surface area contributed by atoms with Crippen LogP contribution in [0.4, 0.5) is 5.69 Å². The molecule has 27 heavy (non-hydrogen) atoms. The van der Waals surface area contributed by atoms with Crippen LogP contribution >= 0.6 is 0 Å². The molecule has 3 aromatic rings. The van der Waals surface area contributed by atoms with Crippen molar-refractivity contribution in [3.8, 4) is 11.4 Å². The lowest BCUT2D eigenvalue weighted by Crippen LogP contribution is -2.37. The Labute approximate surface area is 157 Å². The monoisotopic (exact) mass is 362 g/mol. The number of carbonyl (C=O) groups is 2. The minimum absolute atomic E-state index is 0.0632. The second-order valence-corrected chi connectivity index (χ2v) is 6.82. The van der Waals surface area contributed by atoms with Crippen molar-refractivity contribution in [1.82, 2.24) is 14.9 Å². The van der Waals surface area contributed by atoms with E-state index in [2.05, 4.69) is 15.3 Å². The first-order valence-electron chi connectivity index (χ1n) is 9.32. The van der Waals surface area contributed by atoms with Gasteiger partial charge in [-0.25, -0.2) is 4.98 Å². The molecule has 6 heteroatoms. The molecule has 4 rings (SSSR count). The third-order valence-corrected chi connectivity index (χ3v) is 4.85. The molecule has 1 saturated heterocycles. The summed E-state index contributed by atoms with van der Waals surface area (Å²) in [6.45, 7) is 0.741. The van der Waals surface area contributed by atoms with Crippen molar-refractivity contribution in [3.63, 3.8) is 0 Å². The minimum Gasteiger partial charge on any atom is -0.338 e. The van der Waals surface area contributed by atoms with Crippen LogP contribution in [-0.2, 0) is 9.59 Å². The number of aromatic amines is 1. The number of nitrogens with zero attached hydrogens (tertiary/aromatic N) is 2. The van der Waals surface area contributed by atoms with Gasteiger partial charge in [-0.3, -0.25) is 9.59 Å². The van der Waals surface area contributed by atoms with Crippen LogP contribution in [0.15, 0.2) is 48.5 Å². The van der Waals surface area contributed by atoms with E-state index in [4.69, 9.17) is 0 Å². The molecule has 6 nitrogen and oxygen atoms in total. The van der Waals surface area contributed by atoms with Crippen LogP contribution in [0.3, 0.4) is 0 Å². The van der Waals surface area contributed by atoms with Crippen LogP contribution < -0.4 is 5.32 Å². The number of aromatic nitrogens is 2. The summed E-state index contributed by atoms with van der Waals surface area (Å²) >= 11 is 0. The standard InChI is InChI=1S/C21H22N4O2/c26-19(14-25-13-7-1-2-12-20(25)27)22-16-9-4-3-8-15(16)21-23-17-10-5-6-11-18(17)24-21/h3-6,8-11H,1-2,7,12-14H2,(H,22,26)(H,23,24). The van der Waals surface area contributed by atoms with Gasteiger partial charge in [0, 0.05) is 18.5 Å². The summed E-state index contributed by atoms with van der Waals surface area (Å²) in [7, 11) is 0. The molecule has 2 amide bonds. The number of hydrogen-bond acceptors (Lipinski definition) is 3. The van der Waals surface area contributed by atoms with Crippen LogP contribution in [0.1, 0.15) is 25.7 Å². The molecule has 0 unspecified atom stereocenters. The normalized spacial score (nSPS) is 15.0. The maximum atomic E-state index is 12.6. The number of para-hydroxylation sites is 3. The average molecular weight is 362 g/mol. The van der Waals surface area contributed by atoms with Gasteiger partial charge in [0.2, 0.25) is 11.8 Å². The van der Waals surface area contributed by atoms with E-state index in [9.17, 15) is 9.59 Å². The molecule has 2 heterocycles. The number of H-pyrrole nitrogens is 1. The predicted molar refractivity (Wildman–Crippen MR) is 105 cm³/mol. The fraction of sp³-hybridized carbons (Fsp3) is 0.286. The second-order valence-electron chi connectivity index (χ2n) is 6.82. The number of carbonyl (C=O) groups excluding carboxylic acids is 2. The van der Waals surface area contributed by atoms with E-state index in [-0.39, 0.29) is 18.4 Å². The van der Waals surface area contributed by atoms with Crippen molar-refractivity contribution in [1.29, 1.82) is 0 Å². The number of rotatable bonds is 4. The Morgan fingerprint density at radius 2 is 1.89 bits per heavy atom. The van der Waals surface area contributed by atoms with Gasteiger partial charge < -0.3 is 15.2 Å². The van der Waals surface area contributed by atoms with Crippen molar-refractivity contribution >= 4 is 28.5 Å². The van der Waals surface area contributed by atoms with E-state index < -0.39 is 0 Å². The van der Waals surface area contributed by atoms with Crippen LogP contribution in [0.25, 0.3) is 22.4 Å². The van der Waals surface area contributed by atoms with E-state index >= 15 is 0 Å². The van der Waals surface area contributed by atoms with E-state index in [1.54, 1.807) is 4.90 Å². The van der Waals surface area contributed by atoms with E-state index in [0.29, 0.717) is 24.5 Å². The molecule has 0 aliphatic carbocycles. The zero-order chi connectivity index (χ0) is 18.6. The summed E-state index contributed by atoms with van der Waals surface area (Å²) in [5.74, 6) is 0.583. The largest absolute Gasteiger partial charge is 0.338 e. The Balaban J connectivity index is 1.54. The van der Waals surface area contributed by atoms with Gasteiger partial charge in [-0.05, 0) is 37.1 Å². The van der Waals surface area contributed by atoms with Gasteiger partial charge in [0.25, 0.3) is 0 Å². The van der Waals surface area contributed by atoms with Gasteiger partial charge in [-0.1, -0.05) is 30.7 Å². The Morgan fingerprint density at radius 1 is 1.07 bits per heavy atom. The lowest BCUT2D eigenvalue weighted by Gasteiger charge is -2.20. The highest BCUT2D eigenvalue weighted by Gasteiger charge is 2.20. The maximum Gasteiger partial charge on any atom is 0.244 e. The van der Waals surface area contributed by atoms with Crippen LogP contribution in [0, 0.1) is 0 Å². The van der Waals surface area contributed by atoms with Gasteiger partial charge in [0.05, 0.1) is 23.3 Å². The molecule has 1 fully saturated rings. The summed E-state index contributed by atoms with van der Waals surface area (Å²) < 4.78 is 0. The lowest BCUT2D eigenvalue weighted by molar-refractivity contribution is -0.134. The molecule has 0 spiro atoms. The predicted octanol–water partition coefficient (Wildman–Crippen LogP) is 3.57. The van der Waals surface area contributed by atoms with Gasteiger partial charge in [-0.15, -0.1) is 0 Å². The number of nitrogens with one attached hydrogen (secondary N) is 2. The highest BCUT2D eigenvalue weighted by atomic mass is 16.2. The maximum absolute atomic E-state index is 12.6. The van der Waals surface area contributed by atoms with Crippen LogP contribution in [0.2, 0.25) is 0 Å². The third kappa shape index (κ3) is 3.84. The summed E-state index contributed by atoms with van der Waals surface area (Å²) in [4.78, 5) is 34.3. The third-order valence-electron chi connectivity index (χ3n) is 4.85. The van der Waals surface area contributed by atoms with Crippen molar-refractivity contribution in [2.24, 2.45) is 0 Å². The Morgan fingerprint density at radius 3 is 2.78 bits per heavy atom.